The van der Waals surface area contributed by atoms with Gasteiger partial charge in [-0.25, -0.2) is 0 Å². The molecule has 0 unspecified atom stereocenters. The number of allylic oxidation sites excluding steroid dienone is 8. The van der Waals surface area contributed by atoms with Gasteiger partial charge in [0.25, 0.3) is 5.56 Å². The van der Waals surface area contributed by atoms with Gasteiger partial charge in [0, 0.05) is 18.8 Å². The van der Waals surface area contributed by atoms with Gasteiger partial charge in [-0.2, -0.15) is 0 Å². The van der Waals surface area contributed by atoms with Crippen molar-refractivity contribution in [2.75, 3.05) is 7.05 Å². The van der Waals surface area contributed by atoms with Crippen molar-refractivity contribution in [2.24, 2.45) is 0 Å². The van der Waals surface area contributed by atoms with Gasteiger partial charge in [-0.15, -0.1) is 0 Å². The molecule has 1 aromatic rings. The van der Waals surface area contributed by atoms with Gasteiger partial charge in [-0.05, 0) is 18.1 Å². The second-order valence-corrected chi connectivity index (χ2v) is 4.70. The first-order chi connectivity index (χ1) is 9.65. The number of H-pyrrole nitrogens is 2. The highest BCUT2D eigenvalue weighted by molar-refractivity contribution is 5.34. The summed E-state index contributed by atoms with van der Waals surface area (Å²) in [7, 11) is 2.00. The van der Waals surface area contributed by atoms with E-state index in [4.69, 9.17) is 0 Å². The SMILES string of the molecule is C=C1/C=C\C=C/C/C=C(N(C)Cc2cc(=O)[nH][nH]2)\C=C/1. The molecule has 4 heteroatoms. The molecule has 0 atom stereocenters. The number of aromatic amines is 2. The zero-order valence-corrected chi connectivity index (χ0v) is 11.6. The van der Waals surface area contributed by atoms with Gasteiger partial charge < -0.3 is 10.00 Å². The van der Waals surface area contributed by atoms with Crippen LogP contribution < -0.4 is 5.56 Å². The quantitative estimate of drug-likeness (QED) is 0.886. The minimum Gasteiger partial charge on any atom is -0.369 e. The van der Waals surface area contributed by atoms with Crippen LogP contribution in [-0.4, -0.2) is 22.1 Å². The summed E-state index contributed by atoms with van der Waals surface area (Å²) in [5.74, 6) is 0. The summed E-state index contributed by atoms with van der Waals surface area (Å²) in [6.07, 6.45) is 15.1. The normalized spacial score (nSPS) is 22.6. The monoisotopic (exact) mass is 269 g/mol. The highest BCUT2D eigenvalue weighted by Crippen LogP contribution is 2.12. The third-order valence-corrected chi connectivity index (χ3v) is 2.99. The van der Waals surface area contributed by atoms with Gasteiger partial charge >= 0.3 is 0 Å². The van der Waals surface area contributed by atoms with Crippen LogP contribution in [0.3, 0.4) is 0 Å². The van der Waals surface area contributed by atoms with Crippen LogP contribution in [0.5, 0.6) is 0 Å². The zero-order chi connectivity index (χ0) is 14.4. The maximum absolute atomic E-state index is 11.1. The molecule has 0 spiro atoms. The maximum Gasteiger partial charge on any atom is 0.264 e. The Morgan fingerprint density at radius 2 is 2.10 bits per heavy atom. The number of hydrogen-bond acceptors (Lipinski definition) is 2. The Morgan fingerprint density at radius 1 is 1.25 bits per heavy atom. The van der Waals surface area contributed by atoms with Crippen LogP contribution in [0.2, 0.25) is 0 Å². The van der Waals surface area contributed by atoms with E-state index in [1.807, 2.05) is 37.4 Å². The Kier molecular flexibility index (Phi) is 4.60. The standard InChI is InChI=1S/C16H19N3O/c1-13-7-5-3-4-6-8-15(10-9-13)19(2)12-14-11-16(20)18-17-14/h3-5,7-11H,1,6,12H2,2H3,(H2,17,18,20)/b4-3-,7-5-,10-9-,15-8+. The Balaban J connectivity index is 2.13. The number of hydrogen-bond donors (Lipinski definition) is 2. The van der Waals surface area contributed by atoms with Gasteiger partial charge in [-0.1, -0.05) is 43.0 Å². The smallest absolute Gasteiger partial charge is 0.264 e. The molecule has 104 valence electrons. The van der Waals surface area contributed by atoms with Crippen LogP contribution in [0.15, 0.2) is 71.2 Å². The summed E-state index contributed by atoms with van der Waals surface area (Å²) in [5, 5.41) is 5.41. The van der Waals surface area contributed by atoms with Crippen LogP contribution in [0, 0.1) is 0 Å². The van der Waals surface area contributed by atoms with Gasteiger partial charge in [0.1, 0.15) is 0 Å². The molecule has 0 aromatic carbocycles. The minimum atomic E-state index is -0.106. The van der Waals surface area contributed by atoms with Gasteiger partial charge in [0.05, 0.1) is 12.2 Å². The Morgan fingerprint density at radius 3 is 2.85 bits per heavy atom. The van der Waals surface area contributed by atoms with E-state index in [1.54, 1.807) is 6.07 Å². The Hall–Kier alpha value is -2.49. The van der Waals surface area contributed by atoms with Gasteiger partial charge in [0.2, 0.25) is 0 Å². The van der Waals surface area contributed by atoms with E-state index in [0.29, 0.717) is 6.54 Å². The summed E-state index contributed by atoms with van der Waals surface area (Å²) in [6, 6.07) is 1.57. The molecule has 1 aliphatic rings. The molecule has 2 rings (SSSR count). The Bertz CT molecular complexity index is 641. The van der Waals surface area contributed by atoms with Crippen molar-refractivity contribution in [1.82, 2.24) is 15.1 Å². The van der Waals surface area contributed by atoms with E-state index < -0.39 is 0 Å². The summed E-state index contributed by atoms with van der Waals surface area (Å²) in [6.45, 7) is 4.60. The van der Waals surface area contributed by atoms with Crippen LogP contribution >= 0.6 is 0 Å². The third-order valence-electron chi connectivity index (χ3n) is 2.99. The van der Waals surface area contributed by atoms with Crippen LogP contribution in [0.25, 0.3) is 0 Å². The first-order valence-corrected chi connectivity index (χ1v) is 6.53. The lowest BCUT2D eigenvalue weighted by Crippen LogP contribution is -2.16. The van der Waals surface area contributed by atoms with E-state index in [9.17, 15) is 4.79 Å². The number of nitrogens with one attached hydrogen (secondary N) is 2. The molecular weight excluding hydrogens is 250 g/mol. The van der Waals surface area contributed by atoms with Crippen molar-refractivity contribution in [3.8, 4) is 0 Å². The second kappa shape index (κ2) is 6.61. The molecule has 20 heavy (non-hydrogen) atoms. The van der Waals surface area contributed by atoms with Crippen LogP contribution in [-0.2, 0) is 6.54 Å². The van der Waals surface area contributed by atoms with Crippen molar-refractivity contribution in [3.63, 3.8) is 0 Å². The summed E-state index contributed by atoms with van der Waals surface area (Å²) in [4.78, 5) is 13.2. The van der Waals surface area contributed by atoms with E-state index in [-0.39, 0.29) is 5.56 Å². The molecule has 0 amide bonds. The molecule has 0 fully saturated rings. The van der Waals surface area contributed by atoms with Crippen molar-refractivity contribution >= 4 is 0 Å². The molecule has 0 radical (unpaired) electrons. The largest absolute Gasteiger partial charge is 0.369 e. The lowest BCUT2D eigenvalue weighted by molar-refractivity contribution is 0.417. The minimum absolute atomic E-state index is 0.106. The van der Waals surface area contributed by atoms with Gasteiger partial charge in [0.15, 0.2) is 0 Å². The van der Waals surface area contributed by atoms with E-state index >= 15 is 0 Å². The first-order valence-electron chi connectivity index (χ1n) is 6.53. The number of aromatic nitrogens is 2. The molecule has 0 bridgehead atoms. The number of likely N-dealkylation sites (N-methyl/N-ethyl adjacent to an activating group) is 1. The van der Waals surface area contributed by atoms with Crippen LogP contribution in [0.4, 0.5) is 0 Å². The lowest BCUT2D eigenvalue weighted by Gasteiger charge is -2.19. The highest BCUT2D eigenvalue weighted by atomic mass is 16.1. The molecule has 1 heterocycles. The van der Waals surface area contributed by atoms with Crippen molar-refractivity contribution < 1.29 is 0 Å². The summed E-state index contributed by atoms with van der Waals surface area (Å²) in [5.41, 5.74) is 2.79. The number of nitrogens with zero attached hydrogens (tertiary/aromatic N) is 1. The molecule has 0 saturated heterocycles. The molecule has 1 aliphatic carbocycles. The topological polar surface area (TPSA) is 51.9 Å². The lowest BCUT2D eigenvalue weighted by atomic mass is 10.1. The van der Waals surface area contributed by atoms with Crippen molar-refractivity contribution in [1.29, 1.82) is 0 Å². The predicted molar refractivity (Wildman–Crippen MR) is 82.1 cm³/mol. The molecule has 2 N–H and O–H groups in total. The molecule has 0 saturated carbocycles. The molecular formula is C16H19N3O. The average Bonchev–Trinajstić information content (AvgIpc) is 2.82. The predicted octanol–water partition coefficient (Wildman–Crippen LogP) is 2.65. The number of rotatable bonds is 3. The average molecular weight is 269 g/mol. The Labute approximate surface area is 118 Å². The zero-order valence-electron chi connectivity index (χ0n) is 11.6. The second-order valence-electron chi connectivity index (χ2n) is 4.70. The fraction of sp³-hybridized carbons (Fsp3) is 0.188. The third kappa shape index (κ3) is 4.02. The summed E-state index contributed by atoms with van der Waals surface area (Å²) >= 11 is 0. The molecule has 0 aliphatic heterocycles. The van der Waals surface area contributed by atoms with Gasteiger partial charge in [-0.3, -0.25) is 9.89 Å². The van der Waals surface area contributed by atoms with Crippen molar-refractivity contribution in [3.05, 3.63) is 82.5 Å². The fourth-order valence-corrected chi connectivity index (χ4v) is 1.93. The highest BCUT2D eigenvalue weighted by Gasteiger charge is 2.04. The summed E-state index contributed by atoms with van der Waals surface area (Å²) < 4.78 is 0. The van der Waals surface area contributed by atoms with E-state index in [0.717, 1.165) is 23.4 Å². The van der Waals surface area contributed by atoms with E-state index in [2.05, 4.69) is 33.8 Å². The molecule has 4 nitrogen and oxygen atoms in total. The first kappa shape index (κ1) is 13.9. The molecule has 1 aromatic heterocycles. The van der Waals surface area contributed by atoms with Crippen molar-refractivity contribution in [2.45, 2.75) is 13.0 Å². The van der Waals surface area contributed by atoms with Crippen LogP contribution in [0.1, 0.15) is 12.1 Å². The fourth-order valence-electron chi connectivity index (χ4n) is 1.93. The van der Waals surface area contributed by atoms with E-state index in [1.165, 1.54) is 0 Å². The maximum atomic E-state index is 11.1.